The molecule has 18 nitrogen and oxygen atoms in total. The van der Waals surface area contributed by atoms with Crippen LogP contribution >= 0.6 is 62.3 Å². The number of Topliss-reactive ketones (excluding diaryl/α,β-unsaturated/α-hetero) is 6. The second kappa shape index (κ2) is 37.4. The van der Waals surface area contributed by atoms with Gasteiger partial charge < -0.3 is 38.9 Å². The van der Waals surface area contributed by atoms with Crippen LogP contribution in [0.4, 0.5) is 38.5 Å². The summed E-state index contributed by atoms with van der Waals surface area (Å²) < 4.78 is 24.8. The number of methoxy groups -OCH3 is 1. The zero-order valence-electron chi connectivity index (χ0n) is 65.6. The highest BCUT2D eigenvalue weighted by Gasteiger charge is 2.40. The standard InChI is InChI=1S/C20H21NO4.C16H11Cl2NO.C16H12ClNO.C15H10BrNO2.C15H10ClNO2.C15H10FNO2/c1-20(2,3)25-15-9-10-17-16(11-15)18(22)19(23)21(17)12-13-5-7-14(24-4)8-6-13;1-10-16(20)11-5-2-3-8-15(11)19(10)9-12-13(17)6-4-7-14(12)18;1-11-16(19)14-7-2-3-8-15(14)18(11)10-12-5-4-6-13(17)9-12;3*16-11-7-5-10(6-8-11)9-17-13-4-2-1-3-12(13)14(18)15(17)19/h5-11H,12H2,1-4H3;2-8H,1,9H2;2-9H,1,10H2;3*1-8H,9H2. The number of anilines is 6. The normalized spacial score (nSPS) is 13.8. The average Bonchev–Trinajstić information content (AvgIpc) is 1.62. The predicted molar refractivity (Wildman–Crippen MR) is 473 cm³/mol. The van der Waals surface area contributed by atoms with Crippen LogP contribution in [0.2, 0.25) is 20.1 Å². The van der Waals surface area contributed by atoms with E-state index in [2.05, 4.69) is 29.1 Å². The number of amides is 4. The van der Waals surface area contributed by atoms with Gasteiger partial charge in [-0.05, 0) is 200 Å². The topological polar surface area (TPSA) is 209 Å². The van der Waals surface area contributed by atoms with Crippen LogP contribution in [0.1, 0.15) is 116 Å². The molecule has 606 valence electrons. The number of benzene rings is 12. The molecule has 0 saturated heterocycles. The summed E-state index contributed by atoms with van der Waals surface area (Å²) in [5.41, 5.74) is 13.6. The van der Waals surface area contributed by atoms with Crippen LogP contribution in [-0.4, -0.2) is 71.0 Å². The van der Waals surface area contributed by atoms with Crippen LogP contribution in [0, 0.1) is 5.82 Å². The van der Waals surface area contributed by atoms with Gasteiger partial charge in [0.15, 0.2) is 0 Å². The molecule has 0 bridgehead atoms. The van der Waals surface area contributed by atoms with Gasteiger partial charge in [-0.3, -0.25) is 47.9 Å². The molecule has 6 aliphatic rings. The number of halogens is 6. The zero-order chi connectivity index (χ0) is 86.1. The van der Waals surface area contributed by atoms with E-state index in [1.54, 1.807) is 135 Å². The van der Waals surface area contributed by atoms with Gasteiger partial charge in [0.1, 0.15) is 22.9 Å². The predicted octanol–water partition coefficient (Wildman–Crippen LogP) is 21.2. The lowest BCUT2D eigenvalue weighted by Crippen LogP contribution is -2.29. The number of hydrogen-bond acceptors (Lipinski definition) is 14. The van der Waals surface area contributed by atoms with Crippen molar-refractivity contribution in [1.82, 2.24) is 0 Å². The molecule has 0 aromatic heterocycles. The number of rotatable bonds is 14. The first kappa shape index (κ1) is 85.7. The van der Waals surface area contributed by atoms with E-state index in [0.717, 1.165) is 60.5 Å². The fourth-order valence-electron chi connectivity index (χ4n) is 14.0. The number of hydrogen-bond donors (Lipinski definition) is 0. The van der Waals surface area contributed by atoms with Gasteiger partial charge in [-0.15, -0.1) is 0 Å². The summed E-state index contributed by atoms with van der Waals surface area (Å²) in [7, 11) is 1.60. The highest BCUT2D eigenvalue weighted by atomic mass is 79.9. The van der Waals surface area contributed by atoms with Crippen LogP contribution in [0.3, 0.4) is 0 Å². The fraction of sp³-hybridized carbons (Fsp3) is 0.113. The number of fused-ring (bicyclic) bond motifs is 6. The first-order valence-corrected chi connectivity index (χ1v) is 40.1. The fourth-order valence-corrected chi connectivity index (χ4v) is 15.1. The zero-order valence-corrected chi connectivity index (χ0v) is 70.2. The molecule has 0 spiro atoms. The monoisotopic (exact) mass is 1750 g/mol. The van der Waals surface area contributed by atoms with E-state index in [1.165, 1.54) is 31.7 Å². The van der Waals surface area contributed by atoms with Crippen molar-refractivity contribution >= 4 is 155 Å². The number of carbonyl (C=O) groups excluding carboxylic acids is 10. The van der Waals surface area contributed by atoms with Gasteiger partial charge >= 0.3 is 0 Å². The van der Waals surface area contributed by atoms with Crippen molar-refractivity contribution in [1.29, 1.82) is 0 Å². The number of ether oxygens (including phenoxy) is 2. The summed E-state index contributed by atoms with van der Waals surface area (Å²) in [4.78, 5) is 130. The number of ketones is 6. The highest BCUT2D eigenvalue weighted by Crippen LogP contribution is 2.41. The lowest BCUT2D eigenvalue weighted by Gasteiger charge is -2.22. The van der Waals surface area contributed by atoms with E-state index >= 15 is 0 Å². The molecule has 12 aromatic carbocycles. The molecule has 0 radical (unpaired) electrons. The van der Waals surface area contributed by atoms with E-state index in [9.17, 15) is 52.3 Å². The molecule has 121 heavy (non-hydrogen) atoms. The quantitative estimate of drug-likeness (QED) is 0.0733. The third-order valence-electron chi connectivity index (χ3n) is 19.9. The van der Waals surface area contributed by atoms with Gasteiger partial charge in [-0.1, -0.05) is 203 Å². The van der Waals surface area contributed by atoms with Crippen molar-refractivity contribution < 1.29 is 61.8 Å². The maximum atomic E-state index is 12.8. The van der Waals surface area contributed by atoms with Crippen LogP contribution < -0.4 is 38.9 Å². The number of carbonyl (C=O) groups is 10. The van der Waals surface area contributed by atoms with Gasteiger partial charge in [-0.2, -0.15) is 0 Å². The minimum absolute atomic E-state index is 0.00220. The number of allylic oxidation sites excluding steroid dienone is 2. The van der Waals surface area contributed by atoms with Crippen LogP contribution in [0.15, 0.2) is 308 Å². The molecular formula is C97H74BrCl4FN6O12. The molecular weight excluding hydrogens is 1680 g/mol. The Balaban J connectivity index is 0.000000126. The van der Waals surface area contributed by atoms with Crippen molar-refractivity contribution in [2.75, 3.05) is 36.5 Å². The molecule has 0 aliphatic carbocycles. The Bertz CT molecular complexity index is 5840. The first-order valence-electron chi connectivity index (χ1n) is 37.8. The van der Waals surface area contributed by atoms with Crippen molar-refractivity contribution in [3.63, 3.8) is 0 Å². The van der Waals surface area contributed by atoms with Crippen molar-refractivity contribution in [2.45, 2.75) is 65.6 Å². The third kappa shape index (κ3) is 19.4. The summed E-state index contributed by atoms with van der Waals surface area (Å²) in [6.45, 7) is 16.0. The lowest BCUT2D eigenvalue weighted by atomic mass is 10.1. The molecule has 0 unspecified atom stereocenters. The molecule has 0 saturated carbocycles. The number of nitrogens with zero attached hydrogens (tertiary/aromatic N) is 6. The largest absolute Gasteiger partial charge is 0.497 e. The Labute approximate surface area is 725 Å². The smallest absolute Gasteiger partial charge is 0.299 e. The van der Waals surface area contributed by atoms with Crippen molar-refractivity contribution in [3.05, 3.63) is 401 Å². The van der Waals surface area contributed by atoms with Crippen molar-refractivity contribution in [2.24, 2.45) is 0 Å². The van der Waals surface area contributed by atoms with Crippen molar-refractivity contribution in [3.8, 4) is 11.5 Å². The Morgan fingerprint density at radius 2 is 0.645 bits per heavy atom. The minimum Gasteiger partial charge on any atom is -0.497 e. The molecule has 6 heterocycles. The summed E-state index contributed by atoms with van der Waals surface area (Å²) in [6, 6.07) is 82.5. The van der Waals surface area contributed by atoms with E-state index < -0.39 is 46.8 Å². The molecule has 24 heteroatoms. The van der Waals surface area contributed by atoms with Gasteiger partial charge in [0.2, 0.25) is 11.6 Å². The minimum atomic E-state index is -0.537. The summed E-state index contributed by atoms with van der Waals surface area (Å²) in [5.74, 6) is -2.88. The van der Waals surface area contributed by atoms with E-state index in [0.29, 0.717) is 121 Å². The summed E-state index contributed by atoms with van der Waals surface area (Å²) in [5, 5.41) is 2.51. The molecule has 0 N–H and O–H groups in total. The Morgan fingerprint density at radius 3 is 1.04 bits per heavy atom. The Kier molecular flexibility index (Phi) is 26.5. The highest BCUT2D eigenvalue weighted by molar-refractivity contribution is 9.10. The second-order valence-electron chi connectivity index (χ2n) is 29.1. The molecule has 4 amide bonds. The van der Waals surface area contributed by atoms with E-state index in [4.69, 9.17) is 55.9 Å². The molecule has 0 atom stereocenters. The Hall–Kier alpha value is -13.2. The van der Waals surface area contributed by atoms with Gasteiger partial charge in [0.05, 0.1) is 108 Å². The molecule has 0 fully saturated rings. The Morgan fingerprint density at radius 1 is 0.322 bits per heavy atom. The molecule has 18 rings (SSSR count). The summed E-state index contributed by atoms with van der Waals surface area (Å²) >= 11 is 27.6. The molecule has 12 aromatic rings. The van der Waals surface area contributed by atoms with Gasteiger partial charge in [-0.25, -0.2) is 4.39 Å². The average molecular weight is 1760 g/mol. The van der Waals surface area contributed by atoms with Crippen LogP contribution in [-0.2, 0) is 58.4 Å². The molecule has 6 aliphatic heterocycles. The third-order valence-corrected chi connectivity index (χ3v) is 21.7. The lowest BCUT2D eigenvalue weighted by molar-refractivity contribution is -0.115. The van der Waals surface area contributed by atoms with E-state index in [1.807, 2.05) is 170 Å². The second-order valence-corrected chi connectivity index (χ2v) is 31.7. The van der Waals surface area contributed by atoms with E-state index in [-0.39, 0.29) is 29.5 Å². The maximum Gasteiger partial charge on any atom is 0.299 e. The van der Waals surface area contributed by atoms with Crippen LogP contribution in [0.25, 0.3) is 0 Å². The first-order chi connectivity index (χ1) is 58.0. The number of para-hydroxylation sites is 5. The van der Waals surface area contributed by atoms with Crippen LogP contribution in [0.5, 0.6) is 11.5 Å². The van der Waals surface area contributed by atoms with Gasteiger partial charge in [0, 0.05) is 47.8 Å². The SMILES string of the molecule is C=C1C(=O)c2ccccc2N1Cc1c(Cl)cccc1Cl.C=C1C(=O)c2ccccc2N1Cc1cccc(Cl)c1.COc1ccc(CN2C(=O)C(=O)c3cc(OC(C)(C)C)ccc32)cc1.O=C1C(=O)N(Cc2ccc(Br)cc2)c2ccccc21.O=C1C(=O)N(Cc2ccc(Cl)cc2)c2ccccc21.O=C1C(=O)N(Cc2ccc(F)cc2)c2ccccc21. The maximum absolute atomic E-state index is 12.8. The summed E-state index contributed by atoms with van der Waals surface area (Å²) in [6.07, 6.45) is 0. The van der Waals surface area contributed by atoms with Gasteiger partial charge in [0.25, 0.3) is 46.8 Å².